The fourth-order valence-corrected chi connectivity index (χ4v) is 2.67. The zero-order chi connectivity index (χ0) is 16.0. The largest absolute Gasteiger partial charge is 0.508 e. The van der Waals surface area contributed by atoms with E-state index in [1.807, 2.05) is 26.8 Å². The van der Waals surface area contributed by atoms with Gasteiger partial charge < -0.3 is 14.6 Å². The summed E-state index contributed by atoms with van der Waals surface area (Å²) in [5.41, 5.74) is 4.13. The highest BCUT2D eigenvalue weighted by atomic mass is 16.4. The number of nitrogens with two attached hydrogens (primary N) is 1. The van der Waals surface area contributed by atoms with Crippen LogP contribution in [-0.2, 0) is 0 Å². The van der Waals surface area contributed by atoms with E-state index in [9.17, 15) is 10.2 Å². The first-order chi connectivity index (χ1) is 10.4. The van der Waals surface area contributed by atoms with Crippen LogP contribution in [0.25, 0.3) is 22.6 Å². The third kappa shape index (κ3) is 2.13. The molecular formula is C18H18NO3+. The molecule has 0 amide bonds. The number of hydrogen-bond donors (Lipinski definition) is 3. The molecule has 2 aliphatic rings. The van der Waals surface area contributed by atoms with Crippen molar-refractivity contribution in [1.82, 2.24) is 0 Å². The van der Waals surface area contributed by atoms with E-state index in [0.717, 1.165) is 27.8 Å². The van der Waals surface area contributed by atoms with Gasteiger partial charge in [0.05, 0.1) is 6.07 Å². The van der Waals surface area contributed by atoms with Crippen LogP contribution >= 0.6 is 0 Å². The summed E-state index contributed by atoms with van der Waals surface area (Å²) in [6.07, 6.45) is 0. The average Bonchev–Trinajstić information content (AvgIpc) is 2.46. The Bertz CT molecular complexity index is 909. The summed E-state index contributed by atoms with van der Waals surface area (Å²) in [6.45, 7) is 5.63. The van der Waals surface area contributed by atoms with Gasteiger partial charge in [0, 0.05) is 17.2 Å². The lowest BCUT2D eigenvalue weighted by molar-refractivity contribution is -0.172. The maximum atomic E-state index is 10.4. The Kier molecular flexibility index (Phi) is 3.17. The standard InChI is InChI=1S/C18H17NO3/c1-9-6-12(19)7-17-14(9)8-16(21)18(22-17)13-4-5-15(20)11(3)10(13)2/h4-8,19-21H,1-3H3/p+1. The van der Waals surface area contributed by atoms with Crippen molar-refractivity contribution in [3.05, 3.63) is 52.4 Å². The van der Waals surface area contributed by atoms with Crippen LogP contribution < -0.4 is 10.8 Å². The van der Waals surface area contributed by atoms with Gasteiger partial charge in [0.25, 0.3) is 0 Å². The molecule has 0 bridgehead atoms. The van der Waals surface area contributed by atoms with Gasteiger partial charge in [-0.3, -0.25) is 5.41 Å². The second kappa shape index (κ2) is 4.91. The van der Waals surface area contributed by atoms with Crippen LogP contribution in [0.5, 0.6) is 11.5 Å². The molecule has 4 heteroatoms. The molecule has 1 aromatic rings. The van der Waals surface area contributed by atoms with E-state index in [1.165, 1.54) is 0 Å². The second-order valence-electron chi connectivity index (χ2n) is 5.59. The van der Waals surface area contributed by atoms with E-state index < -0.39 is 0 Å². The van der Waals surface area contributed by atoms with Gasteiger partial charge in [-0.25, -0.2) is 0 Å². The van der Waals surface area contributed by atoms with Crippen LogP contribution in [0.4, 0.5) is 0 Å². The van der Waals surface area contributed by atoms with E-state index in [-0.39, 0.29) is 11.5 Å². The highest BCUT2D eigenvalue weighted by Gasteiger charge is 2.18. The number of fused-ring (bicyclic) bond motifs is 1. The normalized spacial score (nSPS) is 11.0. The first kappa shape index (κ1) is 14.2. The summed E-state index contributed by atoms with van der Waals surface area (Å²) in [4.78, 5) is 0. The van der Waals surface area contributed by atoms with Crippen LogP contribution in [0.1, 0.15) is 16.7 Å². The number of benzene rings is 2. The number of aromatic hydroxyl groups is 2. The Labute approximate surface area is 128 Å². The molecule has 0 radical (unpaired) electrons. The zero-order valence-electron chi connectivity index (χ0n) is 12.8. The van der Waals surface area contributed by atoms with Gasteiger partial charge in [-0.05, 0) is 55.7 Å². The van der Waals surface area contributed by atoms with Gasteiger partial charge in [0.1, 0.15) is 11.5 Å². The molecular weight excluding hydrogens is 278 g/mol. The molecule has 1 aliphatic carbocycles. The average molecular weight is 296 g/mol. The van der Waals surface area contributed by atoms with Crippen molar-refractivity contribution in [1.29, 1.82) is 0 Å². The summed E-state index contributed by atoms with van der Waals surface area (Å²) < 4.78 is 5.90. The molecule has 1 aromatic carbocycles. The van der Waals surface area contributed by atoms with Crippen molar-refractivity contribution in [2.75, 3.05) is 0 Å². The molecule has 4 N–H and O–H groups in total. The minimum atomic E-state index is 0.0635. The van der Waals surface area contributed by atoms with Crippen molar-refractivity contribution < 1.29 is 20.0 Å². The molecule has 4 nitrogen and oxygen atoms in total. The Balaban J connectivity index is 2.33. The van der Waals surface area contributed by atoms with Crippen molar-refractivity contribution in [3.63, 3.8) is 0 Å². The lowest BCUT2D eigenvalue weighted by Crippen LogP contribution is -2.44. The highest BCUT2D eigenvalue weighted by Crippen LogP contribution is 2.40. The van der Waals surface area contributed by atoms with Crippen molar-refractivity contribution in [2.24, 2.45) is 0 Å². The van der Waals surface area contributed by atoms with Crippen molar-refractivity contribution in [3.8, 4) is 34.1 Å². The van der Waals surface area contributed by atoms with Crippen LogP contribution in [0.15, 0.2) is 34.7 Å². The van der Waals surface area contributed by atoms with Crippen molar-refractivity contribution in [2.45, 2.75) is 20.8 Å². The van der Waals surface area contributed by atoms with E-state index >= 15 is 0 Å². The van der Waals surface area contributed by atoms with Crippen LogP contribution in [0.2, 0.25) is 0 Å². The van der Waals surface area contributed by atoms with E-state index in [1.54, 1.807) is 24.3 Å². The SMILES string of the molecule is Cc1cc(=[NH2+])cc2oc(-c3ccc(O)c(C)c3C)c(O)cc1-2. The molecule has 22 heavy (non-hydrogen) atoms. The van der Waals surface area contributed by atoms with Crippen LogP contribution in [0, 0.1) is 20.8 Å². The predicted molar refractivity (Wildman–Crippen MR) is 83.4 cm³/mol. The quantitative estimate of drug-likeness (QED) is 0.643. The lowest BCUT2D eigenvalue weighted by Gasteiger charge is -2.14. The zero-order valence-corrected chi connectivity index (χ0v) is 12.8. The molecule has 1 aliphatic heterocycles. The summed E-state index contributed by atoms with van der Waals surface area (Å²) in [5.74, 6) is 1.28. The number of aryl methyl sites for hydroxylation is 1. The molecule has 0 spiro atoms. The molecule has 112 valence electrons. The number of phenols is 1. The molecule has 0 fully saturated rings. The molecule has 0 atom stereocenters. The summed E-state index contributed by atoms with van der Waals surface area (Å²) >= 11 is 0. The first-order valence-corrected chi connectivity index (χ1v) is 7.04. The Morgan fingerprint density at radius 3 is 2.32 bits per heavy atom. The molecule has 0 unspecified atom stereocenters. The van der Waals surface area contributed by atoms with Crippen LogP contribution in [0.3, 0.4) is 0 Å². The fraction of sp³-hybridized carbons (Fsp3) is 0.167. The third-order valence-corrected chi connectivity index (χ3v) is 4.10. The Hall–Kier alpha value is -2.75. The van der Waals surface area contributed by atoms with Gasteiger partial charge in [-0.2, -0.15) is 0 Å². The minimum Gasteiger partial charge on any atom is -0.508 e. The second-order valence-corrected chi connectivity index (χ2v) is 5.59. The summed E-state index contributed by atoms with van der Waals surface area (Å²) in [6, 6.07) is 8.61. The molecule has 0 aromatic heterocycles. The maximum absolute atomic E-state index is 10.4. The smallest absolute Gasteiger partial charge is 0.200 e. The van der Waals surface area contributed by atoms with Gasteiger partial charge in [0.2, 0.25) is 5.36 Å². The first-order valence-electron chi connectivity index (χ1n) is 7.04. The number of rotatable bonds is 1. The highest BCUT2D eigenvalue weighted by molar-refractivity contribution is 5.75. The molecule has 0 saturated carbocycles. The third-order valence-electron chi connectivity index (χ3n) is 4.10. The van der Waals surface area contributed by atoms with Crippen molar-refractivity contribution >= 4 is 0 Å². The van der Waals surface area contributed by atoms with Gasteiger partial charge in [-0.1, -0.05) is 0 Å². The fourth-order valence-electron chi connectivity index (χ4n) is 2.67. The van der Waals surface area contributed by atoms with Gasteiger partial charge in [0.15, 0.2) is 11.5 Å². The lowest BCUT2D eigenvalue weighted by atomic mass is 9.98. The Morgan fingerprint density at radius 1 is 0.864 bits per heavy atom. The van der Waals surface area contributed by atoms with Gasteiger partial charge in [-0.15, -0.1) is 0 Å². The maximum Gasteiger partial charge on any atom is 0.200 e. The monoisotopic (exact) mass is 296 g/mol. The minimum absolute atomic E-state index is 0.0635. The molecule has 3 rings (SSSR count). The van der Waals surface area contributed by atoms with E-state index in [4.69, 9.17) is 9.83 Å². The van der Waals surface area contributed by atoms with Crippen LogP contribution in [-0.4, -0.2) is 10.2 Å². The van der Waals surface area contributed by atoms with Gasteiger partial charge >= 0.3 is 0 Å². The van der Waals surface area contributed by atoms with E-state index in [2.05, 4.69) is 0 Å². The van der Waals surface area contributed by atoms with E-state index in [0.29, 0.717) is 16.9 Å². The predicted octanol–water partition coefficient (Wildman–Crippen LogP) is 2.05. The number of hydrogen-bond acceptors (Lipinski definition) is 3. The topological polar surface area (TPSA) is 79.2 Å². The summed E-state index contributed by atoms with van der Waals surface area (Å²) in [7, 11) is 0. The number of phenolic OH excluding ortho intramolecular Hbond substituents is 1. The Morgan fingerprint density at radius 2 is 1.59 bits per heavy atom. The molecule has 0 saturated heterocycles. The molecule has 1 heterocycles. The summed E-state index contributed by atoms with van der Waals surface area (Å²) in [5, 5.41) is 26.6.